The molecule has 0 spiro atoms. The Morgan fingerprint density at radius 2 is 2.00 bits per heavy atom. The molecule has 1 amide bonds. The number of carboxylic acids is 1. The van der Waals surface area contributed by atoms with Crippen molar-refractivity contribution >= 4 is 11.9 Å². The van der Waals surface area contributed by atoms with Crippen molar-refractivity contribution in [3.8, 4) is 0 Å². The minimum Gasteiger partial charge on any atom is -0.480 e. The molecule has 1 N–H and O–H groups in total. The Bertz CT molecular complexity index is 312. The van der Waals surface area contributed by atoms with E-state index in [4.69, 9.17) is 0 Å². The van der Waals surface area contributed by atoms with Crippen molar-refractivity contribution in [3.63, 3.8) is 0 Å². The molecule has 1 aliphatic carbocycles. The van der Waals surface area contributed by atoms with Gasteiger partial charge in [0.25, 0.3) is 0 Å². The van der Waals surface area contributed by atoms with Crippen molar-refractivity contribution in [2.75, 3.05) is 6.54 Å². The maximum absolute atomic E-state index is 12.1. The Morgan fingerprint density at radius 3 is 2.53 bits per heavy atom. The number of carbonyl (C=O) groups is 2. The van der Waals surface area contributed by atoms with Gasteiger partial charge in [0, 0.05) is 13.0 Å². The summed E-state index contributed by atoms with van der Waals surface area (Å²) in [6.07, 6.45) is 5.57. The zero-order valence-electron chi connectivity index (χ0n) is 10.4. The number of nitrogens with zero attached hydrogens (tertiary/aromatic N) is 1. The zero-order chi connectivity index (χ0) is 12.4. The molecule has 2 rings (SSSR count). The van der Waals surface area contributed by atoms with E-state index >= 15 is 0 Å². The van der Waals surface area contributed by atoms with Crippen LogP contribution in [-0.2, 0) is 9.59 Å². The fourth-order valence-corrected chi connectivity index (χ4v) is 2.74. The molecule has 96 valence electrons. The SMILES string of the molecule is CC1CCN(C(=O)CC2CCC2)C(C(=O)O)C1. The topological polar surface area (TPSA) is 57.6 Å². The maximum Gasteiger partial charge on any atom is 0.326 e. The number of carboxylic acid groups (broad SMARTS) is 1. The molecule has 2 fully saturated rings. The third-order valence-corrected chi connectivity index (χ3v) is 4.16. The monoisotopic (exact) mass is 239 g/mol. The van der Waals surface area contributed by atoms with Crippen molar-refractivity contribution in [3.05, 3.63) is 0 Å². The molecule has 0 aromatic heterocycles. The van der Waals surface area contributed by atoms with Crippen LogP contribution in [0.1, 0.15) is 45.4 Å². The van der Waals surface area contributed by atoms with Crippen molar-refractivity contribution in [1.82, 2.24) is 4.90 Å². The van der Waals surface area contributed by atoms with Gasteiger partial charge in [-0.3, -0.25) is 4.79 Å². The van der Waals surface area contributed by atoms with Crippen molar-refractivity contribution < 1.29 is 14.7 Å². The molecular formula is C13H21NO3. The first-order valence-corrected chi connectivity index (χ1v) is 6.60. The number of rotatable bonds is 3. The summed E-state index contributed by atoms with van der Waals surface area (Å²) in [5, 5.41) is 9.19. The normalized spacial score (nSPS) is 29.8. The molecule has 1 saturated carbocycles. The first-order chi connectivity index (χ1) is 8.08. The van der Waals surface area contributed by atoms with Gasteiger partial charge in [-0.15, -0.1) is 0 Å². The predicted octanol–water partition coefficient (Wildman–Crippen LogP) is 1.89. The van der Waals surface area contributed by atoms with Crippen LogP contribution in [0.2, 0.25) is 0 Å². The van der Waals surface area contributed by atoms with E-state index in [1.54, 1.807) is 4.90 Å². The van der Waals surface area contributed by atoms with Crippen LogP contribution in [0.5, 0.6) is 0 Å². The number of aliphatic carboxylic acids is 1. The van der Waals surface area contributed by atoms with Crippen LogP contribution in [0.3, 0.4) is 0 Å². The van der Waals surface area contributed by atoms with E-state index in [0.717, 1.165) is 19.3 Å². The van der Waals surface area contributed by atoms with Crippen molar-refractivity contribution in [1.29, 1.82) is 0 Å². The van der Waals surface area contributed by atoms with Crippen molar-refractivity contribution in [2.45, 2.75) is 51.5 Å². The Balaban J connectivity index is 1.96. The van der Waals surface area contributed by atoms with Gasteiger partial charge in [-0.05, 0) is 37.5 Å². The number of hydrogen-bond acceptors (Lipinski definition) is 2. The highest BCUT2D eigenvalue weighted by Gasteiger charge is 2.35. The third kappa shape index (κ3) is 2.79. The van der Waals surface area contributed by atoms with E-state index in [2.05, 4.69) is 6.92 Å². The Hall–Kier alpha value is -1.06. The molecule has 0 bridgehead atoms. The van der Waals surface area contributed by atoms with Gasteiger partial charge in [-0.2, -0.15) is 0 Å². The molecule has 1 heterocycles. The summed E-state index contributed by atoms with van der Waals surface area (Å²) in [6, 6.07) is -0.591. The van der Waals surface area contributed by atoms with E-state index in [1.807, 2.05) is 0 Å². The minimum atomic E-state index is -0.849. The van der Waals surface area contributed by atoms with Gasteiger partial charge in [0.15, 0.2) is 0 Å². The van der Waals surface area contributed by atoms with E-state index in [9.17, 15) is 14.7 Å². The highest BCUT2D eigenvalue weighted by Crippen LogP contribution is 2.31. The fourth-order valence-electron chi connectivity index (χ4n) is 2.74. The fraction of sp³-hybridized carbons (Fsp3) is 0.846. The maximum atomic E-state index is 12.1. The first-order valence-electron chi connectivity index (χ1n) is 6.60. The summed E-state index contributed by atoms with van der Waals surface area (Å²) >= 11 is 0. The van der Waals surface area contributed by atoms with Crippen LogP contribution >= 0.6 is 0 Å². The lowest BCUT2D eigenvalue weighted by atomic mass is 9.82. The van der Waals surface area contributed by atoms with E-state index < -0.39 is 12.0 Å². The molecular weight excluding hydrogens is 218 g/mol. The van der Waals surface area contributed by atoms with Crippen LogP contribution in [0, 0.1) is 11.8 Å². The molecule has 1 saturated heterocycles. The molecule has 2 unspecified atom stereocenters. The van der Waals surface area contributed by atoms with E-state index in [1.165, 1.54) is 6.42 Å². The number of carbonyl (C=O) groups excluding carboxylic acids is 1. The number of amides is 1. The summed E-state index contributed by atoms with van der Waals surface area (Å²) < 4.78 is 0. The molecule has 2 aliphatic rings. The molecule has 2 atom stereocenters. The molecule has 0 aromatic rings. The lowest BCUT2D eigenvalue weighted by Gasteiger charge is -2.37. The van der Waals surface area contributed by atoms with Gasteiger partial charge in [0.1, 0.15) is 6.04 Å². The van der Waals surface area contributed by atoms with Gasteiger partial charge in [-0.1, -0.05) is 13.3 Å². The summed E-state index contributed by atoms with van der Waals surface area (Å²) in [5.74, 6) is 0.118. The predicted molar refractivity (Wildman–Crippen MR) is 63.5 cm³/mol. The Labute approximate surface area is 102 Å². The Morgan fingerprint density at radius 1 is 1.29 bits per heavy atom. The molecule has 0 aromatic carbocycles. The lowest BCUT2D eigenvalue weighted by Crippen LogP contribution is -2.50. The summed E-state index contributed by atoms with van der Waals surface area (Å²) in [4.78, 5) is 24.9. The van der Waals surface area contributed by atoms with Crippen LogP contribution in [0.25, 0.3) is 0 Å². The molecule has 17 heavy (non-hydrogen) atoms. The minimum absolute atomic E-state index is 0.0500. The molecule has 1 aliphatic heterocycles. The summed E-state index contributed by atoms with van der Waals surface area (Å²) in [7, 11) is 0. The lowest BCUT2D eigenvalue weighted by molar-refractivity contribution is -0.153. The number of likely N-dealkylation sites (tertiary alicyclic amines) is 1. The smallest absolute Gasteiger partial charge is 0.326 e. The van der Waals surface area contributed by atoms with Crippen LogP contribution in [-0.4, -0.2) is 34.5 Å². The van der Waals surface area contributed by atoms with Gasteiger partial charge in [0.05, 0.1) is 0 Å². The summed E-state index contributed by atoms with van der Waals surface area (Å²) in [5.41, 5.74) is 0. The van der Waals surface area contributed by atoms with Crippen LogP contribution < -0.4 is 0 Å². The highest BCUT2D eigenvalue weighted by atomic mass is 16.4. The summed E-state index contributed by atoms with van der Waals surface area (Å²) in [6.45, 7) is 2.67. The largest absolute Gasteiger partial charge is 0.480 e. The second-order valence-corrected chi connectivity index (χ2v) is 5.57. The average Bonchev–Trinajstić information content (AvgIpc) is 2.23. The second-order valence-electron chi connectivity index (χ2n) is 5.57. The molecule has 4 nitrogen and oxygen atoms in total. The van der Waals surface area contributed by atoms with Crippen LogP contribution in [0.4, 0.5) is 0 Å². The standard InChI is InChI=1S/C13H21NO3/c1-9-5-6-14(11(7-9)13(16)17)12(15)8-10-3-2-4-10/h9-11H,2-8H2,1H3,(H,16,17). The first kappa shape index (κ1) is 12.4. The van der Waals surface area contributed by atoms with Crippen molar-refractivity contribution in [2.24, 2.45) is 11.8 Å². The number of piperidine rings is 1. The quantitative estimate of drug-likeness (QED) is 0.818. The number of hydrogen-bond donors (Lipinski definition) is 1. The highest BCUT2D eigenvalue weighted by molar-refractivity contribution is 5.84. The van der Waals surface area contributed by atoms with E-state index in [0.29, 0.717) is 31.2 Å². The van der Waals surface area contributed by atoms with Gasteiger partial charge < -0.3 is 10.0 Å². The third-order valence-electron chi connectivity index (χ3n) is 4.16. The van der Waals surface area contributed by atoms with Gasteiger partial charge in [0.2, 0.25) is 5.91 Å². The average molecular weight is 239 g/mol. The van der Waals surface area contributed by atoms with E-state index in [-0.39, 0.29) is 5.91 Å². The zero-order valence-corrected chi connectivity index (χ0v) is 10.4. The second kappa shape index (κ2) is 5.07. The van der Waals surface area contributed by atoms with Gasteiger partial charge in [-0.25, -0.2) is 4.79 Å². The Kier molecular flexibility index (Phi) is 3.69. The van der Waals surface area contributed by atoms with Crippen LogP contribution in [0.15, 0.2) is 0 Å². The molecule has 0 radical (unpaired) electrons. The molecule has 4 heteroatoms. The van der Waals surface area contributed by atoms with Gasteiger partial charge >= 0.3 is 5.97 Å².